The van der Waals surface area contributed by atoms with Gasteiger partial charge in [0.25, 0.3) is 5.69 Å². The minimum Gasteiger partial charge on any atom is -0.378 e. The molecule has 1 aliphatic carbocycles. The van der Waals surface area contributed by atoms with E-state index in [9.17, 15) is 10.1 Å². The molecular weight excluding hydrogens is 324 g/mol. The zero-order valence-corrected chi connectivity index (χ0v) is 14.0. The molecule has 24 heavy (non-hydrogen) atoms. The van der Waals surface area contributed by atoms with Crippen molar-refractivity contribution in [1.82, 2.24) is 0 Å². The number of benzene rings is 2. The first-order valence-electron chi connectivity index (χ1n) is 8.02. The summed E-state index contributed by atoms with van der Waals surface area (Å²) in [6.07, 6.45) is 5.44. The van der Waals surface area contributed by atoms with Gasteiger partial charge in [-0.25, -0.2) is 0 Å². The van der Waals surface area contributed by atoms with Crippen LogP contribution in [0, 0.1) is 23.0 Å². The predicted molar refractivity (Wildman–Crippen MR) is 95.6 cm³/mol. The van der Waals surface area contributed by atoms with E-state index in [-0.39, 0.29) is 16.8 Å². The van der Waals surface area contributed by atoms with E-state index in [1.807, 2.05) is 6.07 Å². The Morgan fingerprint density at radius 1 is 1.25 bits per heavy atom. The van der Waals surface area contributed by atoms with Gasteiger partial charge in [0.05, 0.1) is 11.0 Å². The lowest BCUT2D eigenvalue weighted by Crippen LogP contribution is -2.29. The maximum atomic E-state index is 11.2. The Hall–Kier alpha value is -2.33. The van der Waals surface area contributed by atoms with Gasteiger partial charge in [0.1, 0.15) is 5.02 Å². The fraction of sp³-hybridized carbons (Fsp3) is 0.263. The second-order valence-corrected chi connectivity index (χ2v) is 6.94. The molecule has 2 aromatic rings. The van der Waals surface area contributed by atoms with Gasteiger partial charge in [0.2, 0.25) is 0 Å². The molecule has 4 rings (SSSR count). The summed E-state index contributed by atoms with van der Waals surface area (Å²) in [7, 11) is 0. The number of nitro benzene ring substituents is 1. The monoisotopic (exact) mass is 340 g/mol. The minimum atomic E-state index is -0.420. The molecule has 1 aliphatic heterocycles. The minimum absolute atomic E-state index is 0.0341. The Morgan fingerprint density at radius 2 is 2.08 bits per heavy atom. The van der Waals surface area contributed by atoms with Crippen molar-refractivity contribution in [3.63, 3.8) is 0 Å². The van der Waals surface area contributed by atoms with Crippen molar-refractivity contribution in [2.24, 2.45) is 5.92 Å². The first kappa shape index (κ1) is 15.2. The van der Waals surface area contributed by atoms with E-state index in [0.29, 0.717) is 11.8 Å². The molecule has 122 valence electrons. The summed E-state index contributed by atoms with van der Waals surface area (Å²) in [4.78, 5) is 10.8. The molecule has 0 fully saturated rings. The lowest BCUT2D eigenvalue weighted by Gasteiger charge is -2.37. The topological polar surface area (TPSA) is 55.2 Å². The first-order chi connectivity index (χ1) is 11.5. The number of hydrogen-bond donors (Lipinski definition) is 1. The third kappa shape index (κ3) is 2.38. The molecule has 0 radical (unpaired) electrons. The lowest BCUT2D eigenvalue weighted by atomic mass is 9.76. The molecule has 1 N–H and O–H groups in total. The summed E-state index contributed by atoms with van der Waals surface area (Å²) in [5, 5.41) is 15.0. The Morgan fingerprint density at radius 3 is 2.88 bits per heavy atom. The smallest absolute Gasteiger partial charge is 0.288 e. The molecular formula is C19H17ClN2O2. The highest BCUT2D eigenvalue weighted by Gasteiger charge is 2.38. The van der Waals surface area contributed by atoms with Crippen LogP contribution in [0.3, 0.4) is 0 Å². The summed E-state index contributed by atoms with van der Waals surface area (Å²) in [5.41, 5.74) is 4.55. The molecule has 2 aliphatic rings. The van der Waals surface area contributed by atoms with Crippen LogP contribution in [-0.4, -0.2) is 4.92 Å². The van der Waals surface area contributed by atoms with E-state index in [4.69, 9.17) is 11.6 Å². The number of hydrogen-bond acceptors (Lipinski definition) is 3. The average molecular weight is 341 g/mol. The SMILES string of the molecule is Cc1ccc2c(c1)C1C=CCC1C(c1ccc(Cl)c([N+](=O)[O-])c1)N2. The maximum Gasteiger partial charge on any atom is 0.288 e. The zero-order valence-electron chi connectivity index (χ0n) is 13.2. The van der Waals surface area contributed by atoms with E-state index < -0.39 is 4.92 Å². The Kier molecular flexibility index (Phi) is 3.57. The van der Waals surface area contributed by atoms with E-state index in [1.165, 1.54) is 11.1 Å². The van der Waals surface area contributed by atoms with Crippen molar-refractivity contribution in [3.05, 3.63) is 80.4 Å². The van der Waals surface area contributed by atoms with Gasteiger partial charge in [-0.2, -0.15) is 0 Å². The standard InChI is InChI=1S/C19H17ClN2O2/c1-11-5-8-17-15(9-11)13-3-2-4-14(13)19(21-17)12-6-7-16(20)18(10-12)22(23)24/h2-3,5-10,13-14,19,21H,4H2,1H3. The van der Waals surface area contributed by atoms with Crippen LogP contribution < -0.4 is 5.32 Å². The highest BCUT2D eigenvalue weighted by Crippen LogP contribution is 2.50. The number of aryl methyl sites for hydroxylation is 1. The molecule has 2 aromatic carbocycles. The number of rotatable bonds is 2. The van der Waals surface area contributed by atoms with Gasteiger partial charge in [-0.1, -0.05) is 47.5 Å². The van der Waals surface area contributed by atoms with Crippen molar-refractivity contribution in [3.8, 4) is 0 Å². The maximum absolute atomic E-state index is 11.2. The van der Waals surface area contributed by atoms with Crippen LogP contribution in [0.2, 0.25) is 5.02 Å². The summed E-state index contributed by atoms with van der Waals surface area (Å²) in [5.74, 6) is 0.709. The third-order valence-corrected chi connectivity index (χ3v) is 5.36. The molecule has 0 amide bonds. The Balaban J connectivity index is 1.79. The molecule has 1 heterocycles. The Labute approximate surface area is 145 Å². The normalized spacial score (nSPS) is 24.2. The van der Waals surface area contributed by atoms with Gasteiger partial charge in [-0.05, 0) is 42.5 Å². The summed E-state index contributed by atoms with van der Waals surface area (Å²) in [6.45, 7) is 2.10. The van der Waals surface area contributed by atoms with Crippen molar-refractivity contribution in [2.75, 3.05) is 5.32 Å². The molecule has 0 bridgehead atoms. The van der Waals surface area contributed by atoms with Crippen molar-refractivity contribution >= 4 is 23.0 Å². The number of allylic oxidation sites excluding steroid dienone is 2. The molecule has 4 nitrogen and oxygen atoms in total. The van der Waals surface area contributed by atoms with Gasteiger partial charge in [-0.3, -0.25) is 10.1 Å². The number of nitro groups is 1. The molecule has 0 saturated carbocycles. The molecule has 0 aromatic heterocycles. The van der Waals surface area contributed by atoms with Crippen LogP contribution in [0.1, 0.15) is 35.1 Å². The van der Waals surface area contributed by atoms with E-state index in [1.54, 1.807) is 12.1 Å². The quantitative estimate of drug-likeness (QED) is 0.453. The van der Waals surface area contributed by atoms with Crippen LogP contribution in [0.25, 0.3) is 0 Å². The van der Waals surface area contributed by atoms with Gasteiger partial charge in [0, 0.05) is 17.7 Å². The van der Waals surface area contributed by atoms with Crippen LogP contribution in [0.5, 0.6) is 0 Å². The zero-order chi connectivity index (χ0) is 16.8. The molecule has 3 atom stereocenters. The second-order valence-electron chi connectivity index (χ2n) is 6.53. The number of fused-ring (bicyclic) bond motifs is 3. The van der Waals surface area contributed by atoms with Crippen LogP contribution in [0.4, 0.5) is 11.4 Å². The van der Waals surface area contributed by atoms with Crippen LogP contribution in [-0.2, 0) is 0 Å². The van der Waals surface area contributed by atoms with Gasteiger partial charge in [-0.15, -0.1) is 0 Å². The molecule has 0 spiro atoms. The predicted octanol–water partition coefficient (Wildman–Crippen LogP) is 5.38. The summed E-state index contributed by atoms with van der Waals surface area (Å²) >= 11 is 5.97. The molecule has 0 saturated heterocycles. The van der Waals surface area contributed by atoms with E-state index in [0.717, 1.165) is 17.7 Å². The first-order valence-corrected chi connectivity index (χ1v) is 8.40. The Bertz CT molecular complexity index is 862. The summed E-state index contributed by atoms with van der Waals surface area (Å²) in [6, 6.07) is 11.6. The highest BCUT2D eigenvalue weighted by molar-refractivity contribution is 6.32. The van der Waals surface area contributed by atoms with Gasteiger partial charge < -0.3 is 5.32 Å². The highest BCUT2D eigenvalue weighted by atomic mass is 35.5. The number of anilines is 1. The third-order valence-electron chi connectivity index (χ3n) is 5.04. The fourth-order valence-corrected chi connectivity index (χ4v) is 4.09. The number of halogens is 1. The van der Waals surface area contributed by atoms with E-state index >= 15 is 0 Å². The largest absolute Gasteiger partial charge is 0.378 e. The van der Waals surface area contributed by atoms with Gasteiger partial charge >= 0.3 is 0 Å². The second kappa shape index (κ2) is 5.64. The lowest BCUT2D eigenvalue weighted by molar-refractivity contribution is -0.384. The van der Waals surface area contributed by atoms with Crippen molar-refractivity contribution in [2.45, 2.75) is 25.3 Å². The average Bonchev–Trinajstić information content (AvgIpc) is 3.04. The number of nitrogens with zero attached hydrogens (tertiary/aromatic N) is 1. The van der Waals surface area contributed by atoms with Gasteiger partial charge in [0.15, 0.2) is 0 Å². The number of nitrogens with one attached hydrogen (secondary N) is 1. The van der Waals surface area contributed by atoms with E-state index in [2.05, 4.69) is 42.6 Å². The van der Waals surface area contributed by atoms with Crippen LogP contribution >= 0.6 is 11.6 Å². The van der Waals surface area contributed by atoms with Crippen LogP contribution in [0.15, 0.2) is 48.6 Å². The molecule has 3 unspecified atom stereocenters. The fourth-order valence-electron chi connectivity index (χ4n) is 3.91. The van der Waals surface area contributed by atoms with Crippen molar-refractivity contribution < 1.29 is 4.92 Å². The summed E-state index contributed by atoms with van der Waals surface area (Å²) < 4.78 is 0. The molecule has 5 heteroatoms. The van der Waals surface area contributed by atoms with Crippen molar-refractivity contribution in [1.29, 1.82) is 0 Å².